The van der Waals surface area contributed by atoms with Gasteiger partial charge < -0.3 is 9.64 Å². The number of benzene rings is 1. The molecule has 1 aromatic rings. The number of rotatable bonds is 9. The molecule has 0 unspecified atom stereocenters. The highest BCUT2D eigenvalue weighted by Gasteiger charge is 2.14. The Kier molecular flexibility index (Phi) is 7.71. The van der Waals surface area contributed by atoms with Gasteiger partial charge in [-0.1, -0.05) is 48.2 Å². The highest BCUT2D eigenvalue weighted by atomic mass is 28.3. The predicted octanol–water partition coefficient (Wildman–Crippen LogP) is 2.56. The van der Waals surface area contributed by atoms with Gasteiger partial charge in [-0.25, -0.2) is 0 Å². The lowest BCUT2D eigenvalue weighted by molar-refractivity contribution is 0.191. The van der Waals surface area contributed by atoms with Crippen molar-refractivity contribution in [3.63, 3.8) is 0 Å². The van der Waals surface area contributed by atoms with Gasteiger partial charge >= 0.3 is 0 Å². The molecule has 0 N–H and O–H groups in total. The first-order chi connectivity index (χ1) is 9.17. The molecule has 0 heterocycles. The van der Waals surface area contributed by atoms with Crippen LogP contribution in [0.2, 0.25) is 6.04 Å². The minimum absolute atomic E-state index is 0.588. The van der Waals surface area contributed by atoms with Crippen LogP contribution in [0, 0.1) is 0 Å². The standard InChI is InChI=1S/C16H26NOSi/c1-5-15-8-10-16(11-9-15)19(14-18-6-2)13-7-12-17(3)4/h5,8-11H,1,6-7,12-14H2,2-4H3. The maximum atomic E-state index is 5.68. The van der Waals surface area contributed by atoms with Crippen LogP contribution in [0.15, 0.2) is 30.8 Å². The van der Waals surface area contributed by atoms with E-state index in [2.05, 4.69) is 56.8 Å². The van der Waals surface area contributed by atoms with Crippen molar-refractivity contribution in [2.24, 2.45) is 0 Å². The Balaban J connectivity index is 2.62. The number of ether oxygens (including phenoxy) is 1. The predicted molar refractivity (Wildman–Crippen MR) is 86.4 cm³/mol. The van der Waals surface area contributed by atoms with Gasteiger partial charge in [-0.05, 0) is 39.5 Å². The molecule has 0 spiro atoms. The monoisotopic (exact) mass is 276 g/mol. The van der Waals surface area contributed by atoms with Crippen molar-refractivity contribution >= 4 is 20.1 Å². The van der Waals surface area contributed by atoms with Crippen LogP contribution in [0.1, 0.15) is 18.9 Å². The molecule has 1 radical (unpaired) electrons. The van der Waals surface area contributed by atoms with E-state index in [4.69, 9.17) is 4.74 Å². The van der Waals surface area contributed by atoms with Crippen molar-refractivity contribution in [3.05, 3.63) is 36.4 Å². The quantitative estimate of drug-likeness (QED) is 0.643. The zero-order chi connectivity index (χ0) is 14.1. The van der Waals surface area contributed by atoms with Gasteiger partial charge in [0.15, 0.2) is 0 Å². The molecule has 1 aromatic carbocycles. The summed E-state index contributed by atoms with van der Waals surface area (Å²) in [4.78, 5) is 2.25. The third-order valence-corrected chi connectivity index (χ3v) is 5.78. The maximum Gasteiger partial charge on any atom is 0.117 e. The van der Waals surface area contributed by atoms with E-state index in [1.165, 1.54) is 23.2 Å². The summed E-state index contributed by atoms with van der Waals surface area (Å²) in [7, 11) is 3.68. The van der Waals surface area contributed by atoms with Gasteiger partial charge in [-0.15, -0.1) is 0 Å². The summed E-state index contributed by atoms with van der Waals surface area (Å²) in [5, 5.41) is 1.47. The molecule has 0 saturated carbocycles. The van der Waals surface area contributed by atoms with Crippen LogP contribution >= 0.6 is 0 Å². The minimum atomic E-state index is -0.588. The number of nitrogens with zero attached hydrogens (tertiary/aromatic N) is 1. The molecule has 19 heavy (non-hydrogen) atoms. The highest BCUT2D eigenvalue weighted by Crippen LogP contribution is 2.04. The molecule has 0 saturated heterocycles. The summed E-state index contributed by atoms with van der Waals surface area (Å²) in [6, 6.07) is 10.1. The Labute approximate surface area is 119 Å². The number of hydrogen-bond donors (Lipinski definition) is 0. The Morgan fingerprint density at radius 1 is 1.26 bits per heavy atom. The van der Waals surface area contributed by atoms with Crippen molar-refractivity contribution in [2.45, 2.75) is 19.4 Å². The second-order valence-electron chi connectivity index (χ2n) is 4.97. The zero-order valence-corrected chi connectivity index (χ0v) is 13.5. The lowest BCUT2D eigenvalue weighted by atomic mass is 10.2. The van der Waals surface area contributed by atoms with Gasteiger partial charge in [0.2, 0.25) is 0 Å². The van der Waals surface area contributed by atoms with Crippen LogP contribution in [0.4, 0.5) is 0 Å². The zero-order valence-electron chi connectivity index (χ0n) is 12.5. The normalized spacial score (nSPS) is 11.2. The molecule has 3 heteroatoms. The average molecular weight is 276 g/mol. The molecular weight excluding hydrogens is 250 g/mol. The smallest absolute Gasteiger partial charge is 0.117 e. The summed E-state index contributed by atoms with van der Waals surface area (Å²) in [5.41, 5.74) is 1.19. The first-order valence-electron chi connectivity index (χ1n) is 6.97. The second-order valence-corrected chi connectivity index (χ2v) is 7.55. The van der Waals surface area contributed by atoms with E-state index < -0.39 is 8.80 Å². The lowest BCUT2D eigenvalue weighted by Gasteiger charge is -2.17. The van der Waals surface area contributed by atoms with Crippen LogP contribution in [0.3, 0.4) is 0 Å². The van der Waals surface area contributed by atoms with E-state index in [1.807, 2.05) is 6.08 Å². The van der Waals surface area contributed by atoms with Crippen LogP contribution in [0.25, 0.3) is 6.08 Å². The van der Waals surface area contributed by atoms with Crippen molar-refractivity contribution in [2.75, 3.05) is 33.5 Å². The summed E-state index contributed by atoms with van der Waals surface area (Å²) in [6.45, 7) is 7.84. The molecule has 105 valence electrons. The SMILES string of the molecule is C=Cc1ccc([Si](CCCN(C)C)COCC)cc1. The van der Waals surface area contributed by atoms with Crippen molar-refractivity contribution in [3.8, 4) is 0 Å². The van der Waals surface area contributed by atoms with Crippen LogP contribution < -0.4 is 5.19 Å². The first-order valence-corrected chi connectivity index (χ1v) is 8.88. The Morgan fingerprint density at radius 2 is 1.95 bits per heavy atom. The van der Waals surface area contributed by atoms with Gasteiger partial charge in [0.1, 0.15) is 8.80 Å². The van der Waals surface area contributed by atoms with Crippen LogP contribution in [-0.4, -0.2) is 47.2 Å². The Morgan fingerprint density at radius 3 is 2.47 bits per heavy atom. The van der Waals surface area contributed by atoms with E-state index in [9.17, 15) is 0 Å². The Hall–Kier alpha value is -0.903. The maximum absolute atomic E-state index is 5.68. The van der Waals surface area contributed by atoms with Crippen LogP contribution in [0.5, 0.6) is 0 Å². The third-order valence-electron chi connectivity index (χ3n) is 3.12. The molecule has 0 aliphatic heterocycles. The molecule has 0 bridgehead atoms. The molecule has 0 aromatic heterocycles. The molecule has 2 nitrogen and oxygen atoms in total. The number of hydrogen-bond acceptors (Lipinski definition) is 2. The van der Waals surface area contributed by atoms with E-state index in [-0.39, 0.29) is 0 Å². The van der Waals surface area contributed by atoms with Gasteiger partial charge in [0.05, 0.1) is 0 Å². The van der Waals surface area contributed by atoms with Crippen molar-refractivity contribution < 1.29 is 4.74 Å². The lowest BCUT2D eigenvalue weighted by Crippen LogP contribution is -2.36. The fraction of sp³-hybridized carbons (Fsp3) is 0.500. The van der Waals surface area contributed by atoms with E-state index in [0.29, 0.717) is 0 Å². The molecule has 0 amide bonds. The molecule has 0 aliphatic carbocycles. The second kappa shape index (κ2) is 9.07. The average Bonchev–Trinajstić information content (AvgIpc) is 2.42. The van der Waals surface area contributed by atoms with Gasteiger partial charge in [-0.3, -0.25) is 0 Å². The molecule has 0 atom stereocenters. The van der Waals surface area contributed by atoms with E-state index >= 15 is 0 Å². The summed E-state index contributed by atoms with van der Waals surface area (Å²) in [5.74, 6) is 0. The molecule has 1 rings (SSSR count). The van der Waals surface area contributed by atoms with Gasteiger partial charge in [0, 0.05) is 12.8 Å². The minimum Gasteiger partial charge on any atom is -0.385 e. The largest absolute Gasteiger partial charge is 0.385 e. The topological polar surface area (TPSA) is 12.5 Å². The third kappa shape index (κ3) is 6.19. The van der Waals surface area contributed by atoms with Gasteiger partial charge in [0.25, 0.3) is 0 Å². The fourth-order valence-electron chi connectivity index (χ4n) is 1.99. The fourth-order valence-corrected chi connectivity index (χ4v) is 4.26. The first kappa shape index (κ1) is 16.2. The van der Waals surface area contributed by atoms with Crippen molar-refractivity contribution in [1.29, 1.82) is 0 Å². The van der Waals surface area contributed by atoms with E-state index in [0.717, 1.165) is 19.4 Å². The van der Waals surface area contributed by atoms with Crippen molar-refractivity contribution in [1.82, 2.24) is 4.90 Å². The molecular formula is C16H26NOSi. The summed E-state index contributed by atoms with van der Waals surface area (Å²) in [6.07, 6.45) is 4.06. The summed E-state index contributed by atoms with van der Waals surface area (Å²) >= 11 is 0. The van der Waals surface area contributed by atoms with E-state index in [1.54, 1.807) is 0 Å². The molecule has 0 fully saturated rings. The Bertz CT molecular complexity index is 362. The van der Waals surface area contributed by atoms with Crippen LogP contribution in [-0.2, 0) is 4.74 Å². The highest BCUT2D eigenvalue weighted by molar-refractivity contribution is 6.73. The summed E-state index contributed by atoms with van der Waals surface area (Å²) < 4.78 is 5.68. The molecule has 0 aliphatic rings. The van der Waals surface area contributed by atoms with Gasteiger partial charge in [-0.2, -0.15) is 0 Å².